The van der Waals surface area contributed by atoms with Gasteiger partial charge >= 0.3 is 0 Å². The van der Waals surface area contributed by atoms with E-state index in [1.54, 1.807) is 6.92 Å². The minimum absolute atomic E-state index is 0.0250. The summed E-state index contributed by atoms with van der Waals surface area (Å²) in [5.41, 5.74) is 4.03. The molecule has 1 aliphatic rings. The average Bonchev–Trinajstić information content (AvgIpc) is 2.72. The number of nitrogens with one attached hydrogen (secondary N) is 1. The van der Waals surface area contributed by atoms with Crippen LogP contribution in [0.4, 0.5) is 0 Å². The summed E-state index contributed by atoms with van der Waals surface area (Å²) in [4.78, 5) is 24.2. The number of rotatable bonds is 5. The lowest BCUT2D eigenvalue weighted by Crippen LogP contribution is -2.36. The first-order valence-corrected chi connectivity index (χ1v) is 9.46. The molecule has 0 radical (unpaired) electrons. The number of hydrogen-bond acceptors (Lipinski definition) is 3. The highest BCUT2D eigenvalue weighted by Gasteiger charge is 2.33. The average molecular weight is 360 g/mol. The summed E-state index contributed by atoms with van der Waals surface area (Å²) in [6.45, 7) is 1.62. The van der Waals surface area contributed by atoms with Gasteiger partial charge in [-0.3, -0.25) is 9.59 Å². The van der Waals surface area contributed by atoms with E-state index in [2.05, 4.69) is 17.4 Å². The van der Waals surface area contributed by atoms with E-state index < -0.39 is 0 Å². The van der Waals surface area contributed by atoms with Crippen molar-refractivity contribution in [2.24, 2.45) is 5.92 Å². The molecule has 0 spiro atoms. The fourth-order valence-corrected chi connectivity index (χ4v) is 4.04. The summed E-state index contributed by atoms with van der Waals surface area (Å²) >= 11 is 0. The fraction of sp³-hybridized carbons (Fsp3) is 0.348. The van der Waals surface area contributed by atoms with Crippen molar-refractivity contribution in [2.75, 3.05) is 6.54 Å². The molecule has 1 N–H and O–H groups in total. The van der Waals surface area contributed by atoms with Crippen molar-refractivity contribution < 1.29 is 9.59 Å². The second kappa shape index (κ2) is 8.64. The zero-order chi connectivity index (χ0) is 19.2. The minimum Gasteiger partial charge on any atom is -0.343 e. The van der Waals surface area contributed by atoms with E-state index >= 15 is 0 Å². The summed E-state index contributed by atoms with van der Waals surface area (Å²) < 4.78 is 0. The summed E-state index contributed by atoms with van der Waals surface area (Å²) in [6, 6.07) is 17.8. The Balaban J connectivity index is 1.95. The van der Waals surface area contributed by atoms with Gasteiger partial charge in [-0.25, -0.2) is 0 Å². The lowest BCUT2D eigenvalue weighted by molar-refractivity contribution is -0.126. The second-order valence-corrected chi connectivity index (χ2v) is 7.09. The molecule has 0 aliphatic heterocycles. The van der Waals surface area contributed by atoms with Crippen LogP contribution in [0.25, 0.3) is 11.1 Å². The van der Waals surface area contributed by atoms with Gasteiger partial charge in [0.15, 0.2) is 5.78 Å². The molecular formula is C23H24N2O2. The third-order valence-corrected chi connectivity index (χ3v) is 5.41. The Morgan fingerprint density at radius 1 is 1.07 bits per heavy atom. The first kappa shape index (κ1) is 18.8. The minimum atomic E-state index is -0.107. The number of Topliss-reactive ketones (excluding diaryl/α,β-unsaturated/α-hetero) is 1. The fourth-order valence-electron chi connectivity index (χ4n) is 4.04. The Morgan fingerprint density at radius 2 is 1.78 bits per heavy atom. The quantitative estimate of drug-likeness (QED) is 0.632. The molecule has 2 aromatic rings. The molecule has 0 bridgehead atoms. The highest BCUT2D eigenvalue weighted by atomic mass is 16.2. The van der Waals surface area contributed by atoms with Gasteiger partial charge in [-0.2, -0.15) is 5.26 Å². The van der Waals surface area contributed by atoms with Gasteiger partial charge in [-0.15, -0.1) is 0 Å². The van der Waals surface area contributed by atoms with Gasteiger partial charge in [-0.1, -0.05) is 61.4 Å². The van der Waals surface area contributed by atoms with Gasteiger partial charge in [0.05, 0.1) is 6.07 Å². The van der Waals surface area contributed by atoms with Crippen LogP contribution in [0, 0.1) is 17.2 Å². The summed E-state index contributed by atoms with van der Waals surface area (Å²) in [6.07, 6.45) is 3.95. The molecule has 0 saturated heterocycles. The molecule has 4 nitrogen and oxygen atoms in total. The van der Waals surface area contributed by atoms with Crippen LogP contribution in [0.2, 0.25) is 0 Å². The Labute approximate surface area is 160 Å². The first-order valence-electron chi connectivity index (χ1n) is 9.46. The predicted octanol–water partition coefficient (Wildman–Crippen LogP) is 4.47. The number of carbonyl (C=O) groups excluding carboxylic acids is 2. The molecule has 27 heavy (non-hydrogen) atoms. The highest BCUT2D eigenvalue weighted by Crippen LogP contribution is 2.41. The van der Waals surface area contributed by atoms with Crippen LogP contribution in [-0.2, 0) is 4.79 Å². The maximum atomic E-state index is 12.6. The molecule has 0 heterocycles. The molecular weight excluding hydrogens is 336 g/mol. The second-order valence-electron chi connectivity index (χ2n) is 7.09. The smallest absolute Gasteiger partial charge is 0.224 e. The van der Waals surface area contributed by atoms with Gasteiger partial charge in [0.2, 0.25) is 5.91 Å². The van der Waals surface area contributed by atoms with E-state index in [-0.39, 0.29) is 30.1 Å². The van der Waals surface area contributed by atoms with Crippen molar-refractivity contribution in [3.05, 3.63) is 59.7 Å². The SMILES string of the molecule is CC(=O)c1ccc(-c2ccccc2C2CCCCC2C(=O)NCC#N)cc1. The monoisotopic (exact) mass is 360 g/mol. The number of nitrogens with zero attached hydrogens (tertiary/aromatic N) is 1. The van der Waals surface area contributed by atoms with E-state index in [0.29, 0.717) is 5.56 Å². The van der Waals surface area contributed by atoms with Crippen LogP contribution in [0.15, 0.2) is 48.5 Å². The van der Waals surface area contributed by atoms with E-state index in [0.717, 1.165) is 36.8 Å². The van der Waals surface area contributed by atoms with Crippen molar-refractivity contribution in [2.45, 2.75) is 38.5 Å². The lowest BCUT2D eigenvalue weighted by atomic mass is 9.73. The largest absolute Gasteiger partial charge is 0.343 e. The van der Waals surface area contributed by atoms with Crippen molar-refractivity contribution in [3.8, 4) is 17.2 Å². The molecule has 1 fully saturated rings. The zero-order valence-electron chi connectivity index (χ0n) is 15.6. The van der Waals surface area contributed by atoms with Crippen LogP contribution < -0.4 is 5.32 Å². The number of hydrogen-bond donors (Lipinski definition) is 1. The highest BCUT2D eigenvalue weighted by molar-refractivity contribution is 5.94. The summed E-state index contributed by atoms with van der Waals surface area (Å²) in [5.74, 6) is 0.0604. The first-order chi connectivity index (χ1) is 13.1. The van der Waals surface area contributed by atoms with Crippen LogP contribution in [-0.4, -0.2) is 18.2 Å². The van der Waals surface area contributed by atoms with Gasteiger partial charge < -0.3 is 5.32 Å². The van der Waals surface area contributed by atoms with E-state index in [9.17, 15) is 9.59 Å². The Morgan fingerprint density at radius 3 is 2.48 bits per heavy atom. The Hall–Kier alpha value is -2.93. The Kier molecular flexibility index (Phi) is 6.03. The van der Waals surface area contributed by atoms with E-state index in [1.807, 2.05) is 42.5 Å². The number of nitriles is 1. The molecule has 3 rings (SSSR count). The van der Waals surface area contributed by atoms with Crippen LogP contribution in [0.5, 0.6) is 0 Å². The molecule has 2 unspecified atom stereocenters. The molecule has 1 saturated carbocycles. The van der Waals surface area contributed by atoms with Crippen LogP contribution >= 0.6 is 0 Å². The standard InChI is InChI=1S/C23H24N2O2/c1-16(26)17-10-12-18(13-11-17)19-6-2-3-7-20(19)21-8-4-5-9-22(21)23(27)25-15-14-24/h2-3,6-7,10-13,21-22H,4-5,8-9,15H2,1H3,(H,25,27). The lowest BCUT2D eigenvalue weighted by Gasteiger charge is -2.32. The Bertz CT molecular complexity index is 865. The molecule has 4 heteroatoms. The summed E-state index contributed by atoms with van der Waals surface area (Å²) in [5, 5.41) is 11.5. The number of benzene rings is 2. The van der Waals surface area contributed by atoms with Gasteiger partial charge in [-0.05, 0) is 42.4 Å². The number of carbonyl (C=O) groups is 2. The van der Waals surface area contributed by atoms with E-state index in [4.69, 9.17) is 5.26 Å². The summed E-state index contributed by atoms with van der Waals surface area (Å²) in [7, 11) is 0. The number of amides is 1. The third kappa shape index (κ3) is 4.25. The third-order valence-electron chi connectivity index (χ3n) is 5.41. The van der Waals surface area contributed by atoms with Gasteiger partial charge in [0.25, 0.3) is 0 Å². The maximum absolute atomic E-state index is 12.6. The van der Waals surface area contributed by atoms with Crippen molar-refractivity contribution in [1.82, 2.24) is 5.32 Å². The van der Waals surface area contributed by atoms with E-state index in [1.165, 1.54) is 5.56 Å². The van der Waals surface area contributed by atoms with Gasteiger partial charge in [0, 0.05) is 11.5 Å². The topological polar surface area (TPSA) is 70.0 Å². The van der Waals surface area contributed by atoms with Crippen molar-refractivity contribution in [1.29, 1.82) is 5.26 Å². The molecule has 1 aliphatic carbocycles. The molecule has 2 atom stereocenters. The predicted molar refractivity (Wildman–Crippen MR) is 105 cm³/mol. The molecule has 1 amide bonds. The molecule has 138 valence electrons. The number of ketones is 1. The maximum Gasteiger partial charge on any atom is 0.224 e. The van der Waals surface area contributed by atoms with Crippen LogP contribution in [0.3, 0.4) is 0 Å². The zero-order valence-corrected chi connectivity index (χ0v) is 15.6. The van der Waals surface area contributed by atoms with Crippen molar-refractivity contribution in [3.63, 3.8) is 0 Å². The van der Waals surface area contributed by atoms with Crippen LogP contribution in [0.1, 0.15) is 54.4 Å². The molecule has 0 aromatic heterocycles. The normalized spacial score (nSPS) is 19.1. The van der Waals surface area contributed by atoms with Crippen molar-refractivity contribution >= 4 is 11.7 Å². The molecule has 2 aromatic carbocycles. The van der Waals surface area contributed by atoms with Gasteiger partial charge in [0.1, 0.15) is 6.54 Å².